The molecule has 3 fully saturated rings. The number of alkyl halides is 1. The first-order valence-electron chi connectivity index (χ1n) is 10.1. The van der Waals surface area contributed by atoms with Crippen molar-refractivity contribution in [3.63, 3.8) is 0 Å². The molecule has 8 atom stereocenters. The van der Waals surface area contributed by atoms with E-state index in [0.717, 1.165) is 0 Å². The van der Waals surface area contributed by atoms with Gasteiger partial charge in [0.05, 0.1) is 6.10 Å². The zero-order chi connectivity index (χ0) is 20.7. The van der Waals surface area contributed by atoms with Crippen LogP contribution >= 0.6 is 0 Å². The average molecular weight is 438 g/mol. The van der Waals surface area contributed by atoms with Crippen LogP contribution in [0.25, 0.3) is 0 Å². The van der Waals surface area contributed by atoms with Crippen molar-refractivity contribution < 1.29 is 88.4 Å². The number of halogens is 1. The van der Waals surface area contributed by atoms with Crippen LogP contribution in [0.2, 0.25) is 0 Å². The largest absolute Gasteiger partial charge is 1.00 e. The van der Waals surface area contributed by atoms with E-state index in [2.05, 4.69) is 0 Å². The summed E-state index contributed by atoms with van der Waals surface area (Å²) in [4.78, 5) is 24.4. The second-order valence-corrected chi connectivity index (χ2v) is 9.75. The molecule has 0 spiro atoms. The van der Waals surface area contributed by atoms with Crippen LogP contribution in [0, 0.1) is 28.6 Å². The van der Waals surface area contributed by atoms with E-state index in [1.165, 1.54) is 12.2 Å². The molecule has 4 aliphatic carbocycles. The van der Waals surface area contributed by atoms with Gasteiger partial charge in [0.2, 0.25) is 0 Å². The summed E-state index contributed by atoms with van der Waals surface area (Å²) in [5.41, 5.74) is -5.17. The number of carbonyl (C=O) groups is 2. The van der Waals surface area contributed by atoms with E-state index in [1.54, 1.807) is 26.8 Å². The van der Waals surface area contributed by atoms with Crippen molar-refractivity contribution in [2.75, 3.05) is 6.61 Å². The van der Waals surface area contributed by atoms with Gasteiger partial charge in [0.25, 0.3) is 0 Å². The van der Waals surface area contributed by atoms with E-state index < -0.39 is 52.4 Å². The molecule has 8 heteroatoms. The number of carbonyl (C=O) groups excluding carboxylic acids is 2. The molecular formula is C22H29FNa2O5+2. The summed E-state index contributed by atoms with van der Waals surface area (Å²) >= 11 is 0. The molecule has 0 heterocycles. The van der Waals surface area contributed by atoms with E-state index in [9.17, 15) is 24.9 Å². The van der Waals surface area contributed by atoms with Crippen LogP contribution in [0.5, 0.6) is 0 Å². The van der Waals surface area contributed by atoms with Crippen LogP contribution in [0.15, 0.2) is 23.8 Å². The summed E-state index contributed by atoms with van der Waals surface area (Å²) < 4.78 is 16.9. The van der Waals surface area contributed by atoms with Crippen molar-refractivity contribution >= 4 is 11.6 Å². The molecule has 0 aromatic heterocycles. The summed E-state index contributed by atoms with van der Waals surface area (Å²) in [7, 11) is 0. The smallest absolute Gasteiger partial charge is 0.390 e. The Morgan fingerprint density at radius 3 is 2.50 bits per heavy atom. The van der Waals surface area contributed by atoms with Crippen molar-refractivity contribution in [3.8, 4) is 0 Å². The Kier molecular flexibility index (Phi) is 7.57. The number of fused-ring (bicyclic) bond motifs is 5. The molecule has 0 aliphatic heterocycles. The van der Waals surface area contributed by atoms with Crippen molar-refractivity contribution in [2.45, 2.75) is 63.8 Å². The topological polar surface area (TPSA) is 94.8 Å². The van der Waals surface area contributed by atoms with Crippen molar-refractivity contribution in [1.29, 1.82) is 0 Å². The number of hydrogen-bond acceptors (Lipinski definition) is 5. The maximum Gasteiger partial charge on any atom is 1.00 e. The fourth-order valence-corrected chi connectivity index (χ4v) is 7.26. The zero-order valence-corrected chi connectivity index (χ0v) is 22.6. The second-order valence-electron chi connectivity index (χ2n) is 9.75. The maximum atomic E-state index is 16.9. The number of aliphatic hydroxyl groups excluding tert-OH is 2. The minimum Gasteiger partial charge on any atom is -0.390 e. The number of Topliss-reactive ketones (excluding diaryl/α,β-unsaturated/α-hetero) is 1. The number of rotatable bonds is 2. The summed E-state index contributed by atoms with van der Waals surface area (Å²) in [5.74, 6) is -2.12. The normalized spacial score (nSPS) is 49.0. The van der Waals surface area contributed by atoms with Crippen molar-refractivity contribution in [2.24, 2.45) is 28.6 Å². The number of aliphatic hydroxyl groups is 3. The third-order valence-electron chi connectivity index (χ3n) is 8.79. The van der Waals surface area contributed by atoms with Crippen LogP contribution in [0.1, 0.15) is 46.5 Å². The van der Waals surface area contributed by atoms with Crippen LogP contribution < -0.4 is 59.1 Å². The van der Waals surface area contributed by atoms with Gasteiger partial charge in [-0.1, -0.05) is 25.5 Å². The van der Waals surface area contributed by atoms with Gasteiger partial charge in [0, 0.05) is 16.7 Å². The molecule has 5 nitrogen and oxygen atoms in total. The van der Waals surface area contributed by atoms with Crippen LogP contribution in [-0.2, 0) is 9.59 Å². The predicted molar refractivity (Wildman–Crippen MR) is 99.9 cm³/mol. The quantitative estimate of drug-likeness (QED) is 0.381. The Morgan fingerprint density at radius 2 is 1.90 bits per heavy atom. The van der Waals surface area contributed by atoms with Gasteiger partial charge in [-0.15, -0.1) is 0 Å². The molecule has 0 bridgehead atoms. The van der Waals surface area contributed by atoms with E-state index in [-0.39, 0.29) is 77.2 Å². The van der Waals surface area contributed by atoms with Gasteiger partial charge in [-0.2, -0.15) is 0 Å². The van der Waals surface area contributed by atoms with E-state index in [0.29, 0.717) is 24.8 Å². The van der Waals surface area contributed by atoms with Crippen LogP contribution in [-0.4, -0.2) is 50.9 Å². The van der Waals surface area contributed by atoms with E-state index in [4.69, 9.17) is 0 Å². The number of allylic oxidation sites excluding steroid dienone is 4. The SMILES string of the molecule is C[C@@H]1C[C@H]2[C@@H]3CCC4=CC(=O)C=C[C@]4(C)[C@@]3(F)[C@@H](O)C[C@]2(C)[C@@]1(O)C(=O)CO.[Na+].[Na+]. The Morgan fingerprint density at radius 1 is 1.27 bits per heavy atom. The van der Waals surface area contributed by atoms with Crippen molar-refractivity contribution in [3.05, 3.63) is 23.8 Å². The molecule has 0 aromatic rings. The van der Waals surface area contributed by atoms with Gasteiger partial charge in [0.15, 0.2) is 17.2 Å². The molecule has 0 amide bonds. The van der Waals surface area contributed by atoms with Gasteiger partial charge >= 0.3 is 59.1 Å². The number of hydrogen-bond donors (Lipinski definition) is 3. The van der Waals surface area contributed by atoms with Gasteiger partial charge in [-0.05, 0) is 56.6 Å². The molecule has 4 aliphatic rings. The Hall–Kier alpha value is 0.630. The molecule has 3 N–H and O–H groups in total. The third-order valence-corrected chi connectivity index (χ3v) is 8.79. The molecule has 0 saturated heterocycles. The van der Waals surface area contributed by atoms with Crippen molar-refractivity contribution in [1.82, 2.24) is 0 Å². The van der Waals surface area contributed by atoms with Crippen LogP contribution in [0.3, 0.4) is 0 Å². The summed E-state index contributed by atoms with van der Waals surface area (Å²) in [6.45, 7) is 4.48. The molecule has 0 aromatic carbocycles. The monoisotopic (exact) mass is 438 g/mol. The fraction of sp³-hybridized carbons (Fsp3) is 0.727. The van der Waals surface area contributed by atoms with E-state index >= 15 is 4.39 Å². The minimum atomic E-state index is -1.98. The fourth-order valence-electron chi connectivity index (χ4n) is 7.26. The van der Waals surface area contributed by atoms with Gasteiger partial charge in [-0.25, -0.2) is 4.39 Å². The molecule has 154 valence electrons. The second kappa shape index (κ2) is 8.44. The van der Waals surface area contributed by atoms with E-state index in [1.807, 2.05) is 0 Å². The van der Waals surface area contributed by atoms with Gasteiger partial charge in [0.1, 0.15) is 12.2 Å². The number of ketones is 2. The molecule has 30 heavy (non-hydrogen) atoms. The third kappa shape index (κ3) is 3.05. The Bertz CT molecular complexity index is 815. The Labute approximate surface area is 221 Å². The summed E-state index contributed by atoms with van der Waals surface area (Å²) in [6.07, 6.45) is 4.44. The van der Waals surface area contributed by atoms with Crippen LogP contribution in [0.4, 0.5) is 4.39 Å². The molecular weight excluding hydrogens is 409 g/mol. The standard InChI is InChI=1S/C22H29FO5.2Na/c1-12-8-16-15-5-4-13-9-14(25)6-7-19(13,2)21(15,23)17(26)10-20(16,3)22(12,28)18(27)11-24;;/h6-7,9,12,15-17,24,26,28H,4-5,8,10-11H2,1-3H3;;/q;2*+1/t12-,15+,16+,17+,19+,20+,21+,22+;;/m1../s1. The van der Waals surface area contributed by atoms with Gasteiger partial charge < -0.3 is 15.3 Å². The molecule has 0 radical (unpaired) electrons. The first-order valence-corrected chi connectivity index (χ1v) is 10.1. The maximum absolute atomic E-state index is 16.9. The molecule has 3 saturated carbocycles. The first-order chi connectivity index (χ1) is 13.0. The minimum absolute atomic E-state index is 0. The summed E-state index contributed by atoms with van der Waals surface area (Å²) in [5, 5.41) is 32.0. The zero-order valence-electron chi connectivity index (χ0n) is 18.6. The molecule has 0 unspecified atom stereocenters. The summed E-state index contributed by atoms with van der Waals surface area (Å²) in [6, 6.07) is 0. The predicted octanol–water partition coefficient (Wildman–Crippen LogP) is -4.10. The Balaban J connectivity index is 0.00000160. The van der Waals surface area contributed by atoms with Gasteiger partial charge in [-0.3, -0.25) is 9.59 Å². The first kappa shape index (κ1) is 26.9. The average Bonchev–Trinajstić information content (AvgIpc) is 2.84. The molecule has 4 rings (SSSR count).